The van der Waals surface area contributed by atoms with Crippen molar-refractivity contribution in [2.75, 3.05) is 127 Å². The summed E-state index contributed by atoms with van der Waals surface area (Å²) in [6, 6.07) is 7.85. The number of fused-ring (bicyclic) bond motifs is 1. The normalized spacial score (nSPS) is 15.8. The topological polar surface area (TPSA) is 301 Å². The number of carbonyl (C=O) groups is 2. The van der Waals surface area contributed by atoms with Crippen molar-refractivity contribution >= 4 is 40.6 Å². The summed E-state index contributed by atoms with van der Waals surface area (Å²) in [5, 5.41) is 31.2. The molecule has 0 bridgehead atoms. The molecule has 398 valence electrons. The molecule has 0 radical (unpaired) electrons. The Morgan fingerprint density at radius 1 is 0.795 bits per heavy atom. The third-order valence-corrected chi connectivity index (χ3v) is 12.7. The van der Waals surface area contributed by atoms with Crippen LogP contribution in [0.15, 0.2) is 42.7 Å². The molecule has 2 aliphatic rings. The first-order valence-electron chi connectivity index (χ1n) is 25.0. The number of nitrogens with two attached hydrogens (primary N) is 3. The number of para-hydroxylation sites is 1. The standard InChI is InChI=1S/C48H72N18O6.ClH/c1-4-22-70-24-26-72-27-25-71-23-13-52-46-54-47(63-18-14-61(15-19-63)44(68)42(11-7-8-12-49)65-32-41(58-59-65)38(51)33-67)56-48(55-46)64-20-16-62(17-21-64)45(69)43(30-36-29-35-9-5-6-10-39(35)53-36)66-31-40(57-60-66)37(50)28-34(2)3;/h1,5-6,9-10,29,31-32,34,37-38,42-43,53,67H,7-8,11-28,30,33,49-51H2,2-3H3,(H,52,54,55,56);1H/p-1. The molecule has 2 aliphatic heterocycles. The Labute approximate surface area is 432 Å². The lowest BCUT2D eigenvalue weighted by Crippen LogP contribution is -3.00. The molecule has 2 saturated heterocycles. The highest BCUT2D eigenvalue weighted by molar-refractivity contribution is 5.83. The van der Waals surface area contributed by atoms with E-state index in [0.29, 0.717) is 146 Å². The molecule has 4 atom stereocenters. The van der Waals surface area contributed by atoms with E-state index in [0.717, 1.165) is 35.9 Å². The van der Waals surface area contributed by atoms with Gasteiger partial charge in [-0.15, -0.1) is 16.6 Å². The average Bonchev–Trinajstić information content (AvgIpc) is 4.19. The van der Waals surface area contributed by atoms with E-state index in [-0.39, 0.29) is 43.5 Å². The fourth-order valence-corrected chi connectivity index (χ4v) is 8.74. The molecule has 9 N–H and O–H groups in total. The first-order chi connectivity index (χ1) is 35.0. The summed E-state index contributed by atoms with van der Waals surface area (Å²) in [6.07, 6.45) is 11.8. The molecule has 2 amide bonds. The van der Waals surface area contributed by atoms with Crippen molar-refractivity contribution in [2.45, 2.75) is 70.1 Å². The second-order valence-corrected chi connectivity index (χ2v) is 18.5. The number of nitrogens with zero attached hydrogens (tertiary/aromatic N) is 13. The van der Waals surface area contributed by atoms with Gasteiger partial charge >= 0.3 is 0 Å². The maximum Gasteiger partial charge on any atom is 0.248 e. The molecule has 2 fully saturated rings. The maximum atomic E-state index is 14.6. The molecule has 24 nitrogen and oxygen atoms in total. The van der Waals surface area contributed by atoms with Gasteiger partial charge < -0.3 is 78.8 Å². The summed E-state index contributed by atoms with van der Waals surface area (Å²) in [6.45, 7) is 10.6. The van der Waals surface area contributed by atoms with Crippen molar-refractivity contribution in [3.63, 3.8) is 0 Å². The second-order valence-electron chi connectivity index (χ2n) is 18.5. The van der Waals surface area contributed by atoms with E-state index in [4.69, 9.17) is 52.8 Å². The van der Waals surface area contributed by atoms with E-state index in [9.17, 15) is 14.7 Å². The predicted molar refractivity (Wildman–Crippen MR) is 271 cm³/mol. The highest BCUT2D eigenvalue weighted by Crippen LogP contribution is 2.26. The number of aliphatic hydroxyl groups is 1. The van der Waals surface area contributed by atoms with Crippen LogP contribution in [-0.4, -0.2) is 188 Å². The van der Waals surface area contributed by atoms with Gasteiger partial charge in [0.1, 0.15) is 24.4 Å². The number of unbranched alkanes of at least 4 members (excludes halogenated alkanes) is 1. The fraction of sp³-hybridized carbons (Fsp3) is 0.604. The van der Waals surface area contributed by atoms with E-state index in [1.807, 2.05) is 45.2 Å². The van der Waals surface area contributed by atoms with Crippen LogP contribution in [-0.2, 0) is 30.2 Å². The average molecular weight is 1030 g/mol. The van der Waals surface area contributed by atoms with Gasteiger partial charge in [-0.05, 0) is 55.7 Å². The molecule has 1 aromatic carbocycles. The van der Waals surface area contributed by atoms with Crippen molar-refractivity contribution < 1.29 is 41.3 Å². The fourth-order valence-electron chi connectivity index (χ4n) is 8.74. The van der Waals surface area contributed by atoms with Crippen LogP contribution in [0.3, 0.4) is 0 Å². The zero-order valence-corrected chi connectivity index (χ0v) is 42.7. The molecule has 7 rings (SSSR count). The van der Waals surface area contributed by atoms with Crippen molar-refractivity contribution in [3.05, 3.63) is 59.8 Å². The molecule has 25 heteroatoms. The summed E-state index contributed by atoms with van der Waals surface area (Å²) in [4.78, 5) is 54.8. The molecule has 6 heterocycles. The molecular weight excluding hydrogens is 960 g/mol. The van der Waals surface area contributed by atoms with Crippen molar-refractivity contribution in [3.8, 4) is 12.3 Å². The van der Waals surface area contributed by atoms with E-state index in [2.05, 4.69) is 61.7 Å². The first kappa shape index (κ1) is 56.3. The Kier molecular flexibility index (Phi) is 21.9. The summed E-state index contributed by atoms with van der Waals surface area (Å²) in [5.41, 5.74) is 21.3. The quantitative estimate of drug-likeness (QED) is 0.0229. The van der Waals surface area contributed by atoms with Crippen molar-refractivity contribution in [1.29, 1.82) is 0 Å². The van der Waals surface area contributed by atoms with Gasteiger partial charge in [0, 0.05) is 76.5 Å². The lowest BCUT2D eigenvalue weighted by molar-refractivity contribution is -0.136. The SMILES string of the molecule is C#CCOCCOCCOCCNc1nc(N2CCN(C(=O)C(CCCCN)n3cc(C(N)CO)nn3)CC2)nc(N2CCN(C(=O)C(Cc3cc4ccccc4[nH]3)n3cc(C(N)CC(C)C)nn3)CC2)n1.[Cl-]. The number of aromatic amines is 1. The van der Waals surface area contributed by atoms with E-state index >= 15 is 0 Å². The molecular formula is C48H72ClN18O6-. The summed E-state index contributed by atoms with van der Waals surface area (Å²) < 4.78 is 19.8. The summed E-state index contributed by atoms with van der Waals surface area (Å²) in [7, 11) is 0. The minimum absolute atomic E-state index is 0. The number of nitrogens with one attached hydrogen (secondary N) is 2. The minimum atomic E-state index is -0.700. The number of hydrogen-bond donors (Lipinski definition) is 6. The lowest BCUT2D eigenvalue weighted by Gasteiger charge is -2.38. The predicted octanol–water partition coefficient (Wildman–Crippen LogP) is -2.18. The molecule has 0 saturated carbocycles. The van der Waals surface area contributed by atoms with Gasteiger partial charge in [0.15, 0.2) is 0 Å². The number of hydrogen-bond acceptors (Lipinski definition) is 19. The van der Waals surface area contributed by atoms with E-state index in [1.54, 1.807) is 15.6 Å². The van der Waals surface area contributed by atoms with Crippen LogP contribution in [0.25, 0.3) is 10.9 Å². The summed E-state index contributed by atoms with van der Waals surface area (Å²) >= 11 is 0. The van der Waals surface area contributed by atoms with Gasteiger partial charge in [-0.25, -0.2) is 9.36 Å². The van der Waals surface area contributed by atoms with Crippen molar-refractivity contribution in [1.82, 2.24) is 59.7 Å². The molecule has 0 spiro atoms. The maximum absolute atomic E-state index is 14.6. The largest absolute Gasteiger partial charge is 1.00 e. The van der Waals surface area contributed by atoms with Gasteiger partial charge in [0.25, 0.3) is 0 Å². The Morgan fingerprint density at radius 2 is 1.37 bits per heavy atom. The van der Waals surface area contributed by atoms with Gasteiger partial charge in [-0.1, -0.05) is 48.4 Å². The van der Waals surface area contributed by atoms with Crippen LogP contribution in [0.1, 0.15) is 80.8 Å². The number of terminal acetylenes is 1. The van der Waals surface area contributed by atoms with Gasteiger partial charge in [0.05, 0.1) is 69.8 Å². The number of benzene rings is 1. The number of amides is 2. The number of carbonyl (C=O) groups excluding carboxylic acids is 2. The molecule has 4 unspecified atom stereocenters. The molecule has 4 aromatic heterocycles. The van der Waals surface area contributed by atoms with Gasteiger partial charge in [0.2, 0.25) is 29.7 Å². The number of piperazine rings is 2. The minimum Gasteiger partial charge on any atom is -1.00 e. The van der Waals surface area contributed by atoms with E-state index in [1.165, 1.54) is 0 Å². The third-order valence-electron chi connectivity index (χ3n) is 12.7. The number of halogens is 1. The number of rotatable bonds is 28. The Morgan fingerprint density at radius 3 is 1.96 bits per heavy atom. The zero-order valence-electron chi connectivity index (χ0n) is 42.0. The van der Waals surface area contributed by atoms with Crippen LogP contribution in [0.2, 0.25) is 0 Å². The first-order valence-corrected chi connectivity index (χ1v) is 25.0. The zero-order chi connectivity index (χ0) is 50.8. The number of aromatic nitrogens is 10. The molecule has 73 heavy (non-hydrogen) atoms. The van der Waals surface area contributed by atoms with Gasteiger partial charge in [-0.3, -0.25) is 9.59 Å². The number of H-pyrrole nitrogens is 1. The third kappa shape index (κ3) is 15.7. The highest BCUT2D eigenvalue weighted by Gasteiger charge is 2.34. The molecule has 0 aliphatic carbocycles. The van der Waals surface area contributed by atoms with Crippen LogP contribution >= 0.6 is 0 Å². The Balaban J connectivity index is 0.00000869. The van der Waals surface area contributed by atoms with E-state index < -0.39 is 18.1 Å². The number of anilines is 3. The summed E-state index contributed by atoms with van der Waals surface area (Å²) in [5.74, 6) is 3.94. The second kappa shape index (κ2) is 28.4. The number of ether oxygens (including phenoxy) is 3. The molecule has 5 aromatic rings. The lowest BCUT2D eigenvalue weighted by atomic mass is 10.0. The van der Waals surface area contributed by atoms with Crippen LogP contribution in [0, 0.1) is 18.3 Å². The highest BCUT2D eigenvalue weighted by atomic mass is 35.5. The Hall–Kier alpha value is -6.04. The van der Waals surface area contributed by atoms with Crippen LogP contribution in [0.5, 0.6) is 0 Å². The monoisotopic (exact) mass is 1030 g/mol. The Bertz CT molecular complexity index is 2470. The number of aliphatic hydroxyl groups excluding tert-OH is 1. The van der Waals surface area contributed by atoms with Gasteiger partial charge in [-0.2, -0.15) is 15.0 Å². The smallest absolute Gasteiger partial charge is 0.248 e. The van der Waals surface area contributed by atoms with Crippen LogP contribution < -0.4 is 44.7 Å². The van der Waals surface area contributed by atoms with Crippen molar-refractivity contribution in [2.24, 2.45) is 23.1 Å². The van der Waals surface area contributed by atoms with Crippen LogP contribution in [0.4, 0.5) is 17.8 Å².